The molecule has 2 aromatic rings. The van der Waals surface area contributed by atoms with E-state index in [0.717, 1.165) is 16.9 Å². The van der Waals surface area contributed by atoms with Crippen molar-refractivity contribution in [1.82, 2.24) is 4.90 Å². The quantitative estimate of drug-likeness (QED) is 0.776. The van der Waals surface area contributed by atoms with Crippen molar-refractivity contribution in [2.75, 3.05) is 17.8 Å². The maximum Gasteiger partial charge on any atom is 0.331 e. The normalized spacial score (nSPS) is 17.0. The minimum Gasteiger partial charge on any atom is -0.284 e. The predicted molar refractivity (Wildman–Crippen MR) is 97.8 cm³/mol. The van der Waals surface area contributed by atoms with E-state index in [1.807, 2.05) is 49.4 Å². The van der Waals surface area contributed by atoms with Gasteiger partial charge in [0.1, 0.15) is 0 Å². The van der Waals surface area contributed by atoms with Crippen molar-refractivity contribution >= 4 is 45.9 Å². The molecule has 0 atom stereocenters. The van der Waals surface area contributed by atoms with Crippen LogP contribution in [0.15, 0.2) is 53.5 Å². The Bertz CT molecular complexity index is 764. The molecule has 0 N–H and O–H groups in total. The average Bonchev–Trinajstić information content (AvgIpc) is 2.55. The SMILES string of the molecule is Cc1cc(Cl)ccc1N=C1SCN(c2ccccc2)C(=O)N1C. The number of halogens is 1. The molecule has 1 fully saturated rings. The fourth-order valence-corrected chi connectivity index (χ4v) is 3.45. The zero-order chi connectivity index (χ0) is 16.4. The zero-order valence-corrected chi connectivity index (χ0v) is 14.4. The first-order chi connectivity index (χ1) is 11.1. The van der Waals surface area contributed by atoms with E-state index in [4.69, 9.17) is 11.6 Å². The summed E-state index contributed by atoms with van der Waals surface area (Å²) in [5.74, 6) is 0.540. The van der Waals surface area contributed by atoms with Gasteiger partial charge < -0.3 is 0 Å². The second-order valence-corrected chi connectivity index (χ2v) is 6.55. The van der Waals surface area contributed by atoms with Gasteiger partial charge in [-0.05, 0) is 42.8 Å². The standard InChI is InChI=1S/C17H16ClN3OS/c1-12-10-13(18)8-9-15(12)19-16-20(2)17(22)21(11-23-16)14-6-4-3-5-7-14/h3-10H,11H2,1-2H3. The van der Waals surface area contributed by atoms with E-state index in [2.05, 4.69) is 4.99 Å². The molecular weight excluding hydrogens is 330 g/mol. The molecule has 0 bridgehead atoms. The van der Waals surface area contributed by atoms with Crippen LogP contribution in [-0.2, 0) is 0 Å². The number of para-hydroxylation sites is 1. The summed E-state index contributed by atoms with van der Waals surface area (Å²) in [4.78, 5) is 20.5. The summed E-state index contributed by atoms with van der Waals surface area (Å²) in [5, 5.41) is 1.37. The molecule has 1 aliphatic rings. The summed E-state index contributed by atoms with van der Waals surface area (Å²) in [7, 11) is 1.74. The molecule has 23 heavy (non-hydrogen) atoms. The molecule has 3 rings (SSSR count). The van der Waals surface area contributed by atoms with Crippen LogP contribution >= 0.6 is 23.4 Å². The highest BCUT2D eigenvalue weighted by Gasteiger charge is 2.29. The number of hydrogen-bond donors (Lipinski definition) is 0. The van der Waals surface area contributed by atoms with E-state index in [0.29, 0.717) is 16.1 Å². The summed E-state index contributed by atoms with van der Waals surface area (Å²) >= 11 is 7.51. The second kappa shape index (κ2) is 6.64. The third kappa shape index (κ3) is 3.35. The van der Waals surface area contributed by atoms with Gasteiger partial charge in [-0.15, -0.1) is 0 Å². The lowest BCUT2D eigenvalue weighted by Gasteiger charge is -2.33. The Balaban J connectivity index is 1.85. The third-order valence-electron chi connectivity index (χ3n) is 3.57. The van der Waals surface area contributed by atoms with E-state index < -0.39 is 0 Å². The number of thioether (sulfide) groups is 1. The number of carbonyl (C=O) groups is 1. The van der Waals surface area contributed by atoms with Gasteiger partial charge in [0.25, 0.3) is 0 Å². The first kappa shape index (κ1) is 15.9. The Labute approximate surface area is 144 Å². The van der Waals surface area contributed by atoms with Crippen molar-refractivity contribution < 1.29 is 4.79 Å². The van der Waals surface area contributed by atoms with E-state index in [1.165, 1.54) is 11.8 Å². The van der Waals surface area contributed by atoms with Crippen LogP contribution in [0, 0.1) is 6.92 Å². The number of hydrogen-bond acceptors (Lipinski definition) is 3. The lowest BCUT2D eigenvalue weighted by molar-refractivity contribution is 0.233. The van der Waals surface area contributed by atoms with Crippen molar-refractivity contribution in [3.05, 3.63) is 59.1 Å². The van der Waals surface area contributed by atoms with Crippen molar-refractivity contribution in [3.63, 3.8) is 0 Å². The van der Waals surface area contributed by atoms with Gasteiger partial charge in [-0.1, -0.05) is 41.6 Å². The minimum absolute atomic E-state index is 0.0830. The second-order valence-electron chi connectivity index (χ2n) is 5.20. The van der Waals surface area contributed by atoms with Crippen LogP contribution in [-0.4, -0.2) is 29.0 Å². The van der Waals surface area contributed by atoms with Crippen molar-refractivity contribution in [2.45, 2.75) is 6.92 Å². The molecule has 1 saturated heterocycles. The molecule has 1 aliphatic heterocycles. The lowest BCUT2D eigenvalue weighted by atomic mass is 10.2. The van der Waals surface area contributed by atoms with Crippen LogP contribution in [0.3, 0.4) is 0 Å². The highest BCUT2D eigenvalue weighted by atomic mass is 35.5. The highest BCUT2D eigenvalue weighted by Crippen LogP contribution is 2.29. The summed E-state index contributed by atoms with van der Waals surface area (Å²) in [6, 6.07) is 15.1. The Morgan fingerprint density at radius 2 is 1.91 bits per heavy atom. The van der Waals surface area contributed by atoms with Crippen LogP contribution in [0.5, 0.6) is 0 Å². The van der Waals surface area contributed by atoms with Gasteiger partial charge in [-0.2, -0.15) is 0 Å². The van der Waals surface area contributed by atoms with Crippen LogP contribution in [0.2, 0.25) is 5.02 Å². The van der Waals surface area contributed by atoms with Crippen molar-refractivity contribution in [3.8, 4) is 0 Å². The Morgan fingerprint density at radius 1 is 1.17 bits per heavy atom. The molecule has 118 valence electrons. The average molecular weight is 346 g/mol. The topological polar surface area (TPSA) is 35.9 Å². The molecule has 0 aliphatic carbocycles. The molecule has 6 heteroatoms. The Kier molecular flexibility index (Phi) is 4.59. The minimum atomic E-state index is -0.0830. The van der Waals surface area contributed by atoms with Crippen LogP contribution in [0.4, 0.5) is 16.2 Å². The molecular formula is C17H16ClN3OS. The fourth-order valence-electron chi connectivity index (χ4n) is 2.28. The van der Waals surface area contributed by atoms with Gasteiger partial charge in [-0.25, -0.2) is 9.79 Å². The fraction of sp³-hybridized carbons (Fsp3) is 0.176. The van der Waals surface area contributed by atoms with E-state index in [9.17, 15) is 4.79 Å². The maximum atomic E-state index is 12.6. The number of amides is 2. The summed E-state index contributed by atoms with van der Waals surface area (Å²) in [6.07, 6.45) is 0. The van der Waals surface area contributed by atoms with Crippen molar-refractivity contribution in [2.24, 2.45) is 4.99 Å². The molecule has 0 saturated carbocycles. The molecule has 4 nitrogen and oxygen atoms in total. The molecule has 0 aromatic heterocycles. The number of nitrogens with zero attached hydrogens (tertiary/aromatic N) is 3. The van der Waals surface area contributed by atoms with E-state index >= 15 is 0 Å². The van der Waals surface area contributed by atoms with Gasteiger partial charge in [-0.3, -0.25) is 9.80 Å². The van der Waals surface area contributed by atoms with E-state index in [-0.39, 0.29) is 6.03 Å². The summed E-state index contributed by atoms with van der Waals surface area (Å²) < 4.78 is 0. The summed E-state index contributed by atoms with van der Waals surface area (Å²) in [5.41, 5.74) is 2.69. The number of aliphatic imine (C=N–C) groups is 1. The van der Waals surface area contributed by atoms with Crippen LogP contribution < -0.4 is 4.90 Å². The number of benzene rings is 2. The number of amidine groups is 1. The highest BCUT2D eigenvalue weighted by molar-refractivity contribution is 8.14. The Hall–Kier alpha value is -1.98. The number of anilines is 1. The largest absolute Gasteiger partial charge is 0.331 e. The predicted octanol–water partition coefficient (Wildman–Crippen LogP) is 4.90. The lowest BCUT2D eigenvalue weighted by Crippen LogP contribution is -2.48. The van der Waals surface area contributed by atoms with Gasteiger partial charge in [0.05, 0.1) is 11.6 Å². The Morgan fingerprint density at radius 3 is 2.61 bits per heavy atom. The molecule has 0 unspecified atom stereocenters. The molecule has 0 radical (unpaired) electrons. The van der Waals surface area contributed by atoms with Gasteiger partial charge in [0, 0.05) is 17.8 Å². The van der Waals surface area contributed by atoms with Crippen LogP contribution in [0.1, 0.15) is 5.56 Å². The maximum absolute atomic E-state index is 12.6. The van der Waals surface area contributed by atoms with E-state index in [1.54, 1.807) is 22.9 Å². The monoisotopic (exact) mass is 345 g/mol. The first-order valence-electron chi connectivity index (χ1n) is 7.14. The number of carbonyl (C=O) groups excluding carboxylic acids is 1. The third-order valence-corrected chi connectivity index (χ3v) is 4.82. The zero-order valence-electron chi connectivity index (χ0n) is 12.9. The molecule has 1 heterocycles. The number of rotatable bonds is 2. The number of urea groups is 1. The van der Waals surface area contributed by atoms with Crippen molar-refractivity contribution in [1.29, 1.82) is 0 Å². The number of aryl methyl sites for hydroxylation is 1. The van der Waals surface area contributed by atoms with Gasteiger partial charge >= 0.3 is 6.03 Å². The molecule has 2 aromatic carbocycles. The van der Waals surface area contributed by atoms with Gasteiger partial charge in [0.15, 0.2) is 5.17 Å². The van der Waals surface area contributed by atoms with Crippen LogP contribution in [0.25, 0.3) is 0 Å². The smallest absolute Gasteiger partial charge is 0.284 e. The summed E-state index contributed by atoms with van der Waals surface area (Å²) in [6.45, 7) is 1.96. The first-order valence-corrected chi connectivity index (χ1v) is 8.50. The molecule has 0 spiro atoms. The van der Waals surface area contributed by atoms with Gasteiger partial charge in [0.2, 0.25) is 0 Å². The molecule has 2 amide bonds.